The number of ketones is 1. The number of allylic oxidation sites excluding steroid dienone is 1. The van der Waals surface area contributed by atoms with Crippen molar-refractivity contribution in [2.24, 2.45) is 0 Å². The van der Waals surface area contributed by atoms with Crippen LogP contribution < -0.4 is 9.47 Å². The van der Waals surface area contributed by atoms with Crippen LogP contribution in [0.3, 0.4) is 0 Å². The van der Waals surface area contributed by atoms with Crippen molar-refractivity contribution < 1.29 is 19.1 Å². The maximum atomic E-state index is 12.4. The summed E-state index contributed by atoms with van der Waals surface area (Å²) in [6.07, 6.45) is 7.93. The molecule has 1 aliphatic heterocycles. The lowest BCUT2D eigenvalue weighted by atomic mass is 10.1. The van der Waals surface area contributed by atoms with Gasteiger partial charge in [-0.1, -0.05) is 6.07 Å². The van der Waals surface area contributed by atoms with Gasteiger partial charge in [-0.15, -0.1) is 0 Å². The average Bonchev–Trinajstić information content (AvgIpc) is 2.98. The Labute approximate surface area is 148 Å². The van der Waals surface area contributed by atoms with E-state index >= 15 is 0 Å². The molecule has 0 N–H and O–H groups in total. The van der Waals surface area contributed by atoms with Gasteiger partial charge in [-0.2, -0.15) is 0 Å². The number of benzene rings is 1. The number of hydrogen-bond acceptors (Lipinski definition) is 6. The number of Topliss-reactive ketones (excluding diaryl/α,β-unsaturated/α-hetero) is 1. The zero-order chi connectivity index (χ0) is 17.9. The van der Waals surface area contributed by atoms with Crippen molar-refractivity contribution in [2.75, 3.05) is 0 Å². The number of esters is 1. The summed E-state index contributed by atoms with van der Waals surface area (Å²) >= 11 is 0. The third-order valence-electron chi connectivity index (χ3n) is 3.75. The minimum Gasteiger partial charge on any atom is -0.452 e. The summed E-state index contributed by atoms with van der Waals surface area (Å²) in [6, 6.07) is 11.4. The van der Waals surface area contributed by atoms with Crippen LogP contribution in [0.25, 0.3) is 6.08 Å². The molecule has 3 heterocycles. The van der Waals surface area contributed by atoms with Crippen molar-refractivity contribution >= 4 is 17.8 Å². The Hall–Kier alpha value is -3.80. The van der Waals surface area contributed by atoms with Crippen LogP contribution in [0.15, 0.2) is 73.0 Å². The third kappa shape index (κ3) is 3.08. The molecule has 0 saturated carbocycles. The number of ether oxygens (including phenoxy) is 2. The predicted molar refractivity (Wildman–Crippen MR) is 92.8 cm³/mol. The Kier molecular flexibility index (Phi) is 3.99. The predicted octanol–water partition coefficient (Wildman–Crippen LogP) is 3.31. The fourth-order valence-electron chi connectivity index (χ4n) is 2.50. The van der Waals surface area contributed by atoms with Gasteiger partial charge in [-0.25, -0.2) is 4.79 Å². The zero-order valence-electron chi connectivity index (χ0n) is 13.5. The molecular weight excluding hydrogens is 332 g/mol. The molecular formula is C20H12N2O4. The minimum absolute atomic E-state index is 0.200. The smallest absolute Gasteiger partial charge is 0.343 e. The van der Waals surface area contributed by atoms with Crippen LogP contribution in [0.5, 0.6) is 11.5 Å². The van der Waals surface area contributed by atoms with Gasteiger partial charge in [-0.05, 0) is 42.0 Å². The maximum absolute atomic E-state index is 12.4. The zero-order valence-corrected chi connectivity index (χ0v) is 13.5. The van der Waals surface area contributed by atoms with Gasteiger partial charge in [0.1, 0.15) is 11.5 Å². The Balaban J connectivity index is 1.56. The fraction of sp³-hybridized carbons (Fsp3) is 0. The normalized spacial score (nSPS) is 14.0. The van der Waals surface area contributed by atoms with E-state index in [0.29, 0.717) is 22.6 Å². The summed E-state index contributed by atoms with van der Waals surface area (Å²) in [4.78, 5) is 32.4. The number of carbonyl (C=O) groups is 2. The second kappa shape index (κ2) is 6.60. The summed E-state index contributed by atoms with van der Waals surface area (Å²) in [5.41, 5.74) is 1.56. The number of hydrogen-bond donors (Lipinski definition) is 0. The molecule has 1 aliphatic rings. The molecule has 0 bridgehead atoms. The first kappa shape index (κ1) is 15.7. The van der Waals surface area contributed by atoms with Crippen molar-refractivity contribution in [3.05, 3.63) is 89.7 Å². The highest BCUT2D eigenvalue weighted by molar-refractivity contribution is 6.14. The van der Waals surface area contributed by atoms with E-state index in [0.717, 1.165) is 5.56 Å². The number of nitrogens with zero attached hydrogens (tertiary/aromatic N) is 2. The van der Waals surface area contributed by atoms with E-state index in [1.165, 1.54) is 18.5 Å². The molecule has 3 aromatic rings. The number of pyridine rings is 2. The first-order valence-corrected chi connectivity index (χ1v) is 7.81. The monoisotopic (exact) mass is 344 g/mol. The van der Waals surface area contributed by atoms with E-state index in [-0.39, 0.29) is 11.5 Å². The van der Waals surface area contributed by atoms with E-state index in [2.05, 4.69) is 9.97 Å². The lowest BCUT2D eigenvalue weighted by molar-refractivity contribution is 0.0734. The standard InChI is InChI=1S/C20H12N2O4/c23-19-16-4-3-15(25-20(24)14-5-8-21-9-6-14)11-17(16)26-18(19)10-13-2-1-7-22-12-13/h1-12H/b18-10-. The van der Waals surface area contributed by atoms with E-state index < -0.39 is 5.97 Å². The fourth-order valence-corrected chi connectivity index (χ4v) is 2.50. The molecule has 0 spiro atoms. The molecule has 6 heteroatoms. The summed E-state index contributed by atoms with van der Waals surface area (Å²) in [5.74, 6) is 0.107. The van der Waals surface area contributed by atoms with Crippen molar-refractivity contribution in [2.45, 2.75) is 0 Å². The van der Waals surface area contributed by atoms with Gasteiger partial charge in [0.25, 0.3) is 0 Å². The summed E-state index contributed by atoms with van der Waals surface area (Å²) in [7, 11) is 0. The lowest BCUT2D eigenvalue weighted by Crippen LogP contribution is -2.08. The second-order valence-electron chi connectivity index (χ2n) is 5.51. The first-order valence-electron chi connectivity index (χ1n) is 7.81. The highest BCUT2D eigenvalue weighted by Crippen LogP contribution is 2.35. The molecule has 1 aromatic carbocycles. The Morgan fingerprint density at radius 2 is 1.88 bits per heavy atom. The largest absolute Gasteiger partial charge is 0.452 e. The Morgan fingerprint density at radius 1 is 1.04 bits per heavy atom. The Bertz CT molecular complexity index is 1010. The SMILES string of the molecule is O=C(Oc1ccc2c(c1)O/C(=C\c1cccnc1)C2=O)c1ccncc1. The molecule has 6 nitrogen and oxygen atoms in total. The molecule has 126 valence electrons. The molecule has 0 radical (unpaired) electrons. The van der Waals surface area contributed by atoms with Crippen LogP contribution in [0.1, 0.15) is 26.3 Å². The molecule has 26 heavy (non-hydrogen) atoms. The molecule has 0 aliphatic carbocycles. The molecule has 4 rings (SSSR count). The van der Waals surface area contributed by atoms with E-state index in [1.807, 2.05) is 6.07 Å². The average molecular weight is 344 g/mol. The van der Waals surface area contributed by atoms with Gasteiger partial charge in [0.05, 0.1) is 11.1 Å². The van der Waals surface area contributed by atoms with E-state index in [9.17, 15) is 9.59 Å². The van der Waals surface area contributed by atoms with Gasteiger partial charge < -0.3 is 9.47 Å². The highest BCUT2D eigenvalue weighted by atomic mass is 16.5. The molecule has 0 saturated heterocycles. The van der Waals surface area contributed by atoms with Gasteiger partial charge in [0.2, 0.25) is 5.78 Å². The lowest BCUT2D eigenvalue weighted by Gasteiger charge is -2.05. The first-order chi connectivity index (χ1) is 12.7. The molecule has 0 unspecified atom stereocenters. The maximum Gasteiger partial charge on any atom is 0.343 e. The van der Waals surface area contributed by atoms with Crippen LogP contribution >= 0.6 is 0 Å². The van der Waals surface area contributed by atoms with Crippen molar-refractivity contribution in [1.29, 1.82) is 0 Å². The van der Waals surface area contributed by atoms with Gasteiger partial charge >= 0.3 is 5.97 Å². The number of carbonyl (C=O) groups excluding carboxylic acids is 2. The van der Waals surface area contributed by atoms with Crippen LogP contribution in [0.2, 0.25) is 0 Å². The van der Waals surface area contributed by atoms with E-state index in [1.54, 1.807) is 48.8 Å². The highest BCUT2D eigenvalue weighted by Gasteiger charge is 2.28. The molecule has 0 atom stereocenters. The van der Waals surface area contributed by atoms with Crippen LogP contribution in [0, 0.1) is 0 Å². The van der Waals surface area contributed by atoms with Crippen LogP contribution in [-0.4, -0.2) is 21.7 Å². The summed E-state index contributed by atoms with van der Waals surface area (Å²) in [6.45, 7) is 0. The minimum atomic E-state index is -0.511. The van der Waals surface area contributed by atoms with Crippen molar-refractivity contribution in [1.82, 2.24) is 9.97 Å². The number of fused-ring (bicyclic) bond motifs is 1. The quantitative estimate of drug-likeness (QED) is 0.412. The van der Waals surface area contributed by atoms with Crippen molar-refractivity contribution in [3.8, 4) is 11.5 Å². The van der Waals surface area contributed by atoms with Gasteiger partial charge in [0, 0.05) is 30.9 Å². The third-order valence-corrected chi connectivity index (χ3v) is 3.75. The molecule has 0 fully saturated rings. The second-order valence-corrected chi connectivity index (χ2v) is 5.51. The molecule has 2 aromatic heterocycles. The molecule has 0 amide bonds. The van der Waals surface area contributed by atoms with Crippen molar-refractivity contribution in [3.63, 3.8) is 0 Å². The summed E-state index contributed by atoms with van der Waals surface area (Å²) < 4.78 is 11.0. The van der Waals surface area contributed by atoms with E-state index in [4.69, 9.17) is 9.47 Å². The van der Waals surface area contributed by atoms with Gasteiger partial charge in [0.15, 0.2) is 5.76 Å². The number of rotatable bonds is 3. The summed E-state index contributed by atoms with van der Waals surface area (Å²) in [5, 5.41) is 0. The van der Waals surface area contributed by atoms with Gasteiger partial charge in [-0.3, -0.25) is 14.8 Å². The van der Waals surface area contributed by atoms with Crippen LogP contribution in [0.4, 0.5) is 0 Å². The topological polar surface area (TPSA) is 78.4 Å². The Morgan fingerprint density at radius 3 is 2.65 bits per heavy atom. The number of aromatic nitrogens is 2. The van der Waals surface area contributed by atoms with Crippen LogP contribution in [-0.2, 0) is 0 Å².